The van der Waals surface area contributed by atoms with Crippen LogP contribution in [0.3, 0.4) is 0 Å². The molecule has 0 spiro atoms. The summed E-state index contributed by atoms with van der Waals surface area (Å²) in [4.78, 5) is 22.2. The van der Waals surface area contributed by atoms with Crippen molar-refractivity contribution in [3.8, 4) is 17.2 Å². The van der Waals surface area contributed by atoms with Crippen molar-refractivity contribution in [2.24, 2.45) is 4.99 Å². The summed E-state index contributed by atoms with van der Waals surface area (Å²) in [5.41, 5.74) is 1.15. The molecule has 0 atom stereocenters. The first kappa shape index (κ1) is 21.5. The fourth-order valence-corrected chi connectivity index (χ4v) is 4.43. The van der Waals surface area contributed by atoms with Gasteiger partial charge in [-0.25, -0.2) is 9.39 Å². The first-order valence-corrected chi connectivity index (χ1v) is 11.7. The first-order valence-electron chi connectivity index (χ1n) is 10.9. The minimum atomic E-state index is -0.140. The van der Waals surface area contributed by atoms with E-state index in [4.69, 9.17) is 4.52 Å². The molecule has 1 N–H and O–H groups in total. The zero-order chi connectivity index (χ0) is 22.9. The number of phenolic OH excluding ortho intramolecular Hbond substituents is 1. The standard InChI is InChI=1S/C22H22BrN7O3/c1-2-3-4-10-29-19-15(12-16(23)24-19)21(32)30-18(26-27-22(29)30)9-8-17-25-20(33-28-17)13-6-5-7-14(31)11-13/h5-7,11,31H,2-4,8-10,12H2,1H3. The number of aliphatic imine (C=N–C) groups is 1. The van der Waals surface area contributed by atoms with Crippen LogP contribution >= 0.6 is 15.9 Å². The van der Waals surface area contributed by atoms with Gasteiger partial charge in [0.05, 0.1) is 10.2 Å². The Morgan fingerprint density at radius 2 is 2.09 bits per heavy atom. The molecule has 3 aromatic heterocycles. The molecule has 10 nitrogen and oxygen atoms in total. The number of phenols is 1. The third-order valence-electron chi connectivity index (χ3n) is 5.61. The van der Waals surface area contributed by atoms with Crippen molar-refractivity contribution in [2.75, 3.05) is 0 Å². The molecule has 0 radical (unpaired) electrons. The number of hydrogen-bond donors (Lipinski definition) is 1. The van der Waals surface area contributed by atoms with Gasteiger partial charge in [-0.3, -0.25) is 9.36 Å². The molecule has 11 heteroatoms. The maximum Gasteiger partial charge on any atom is 0.266 e. The molecule has 0 amide bonds. The monoisotopic (exact) mass is 511 g/mol. The van der Waals surface area contributed by atoms with Crippen LogP contribution in [0.2, 0.25) is 0 Å². The Morgan fingerprint density at radius 1 is 1.21 bits per heavy atom. The third-order valence-corrected chi connectivity index (χ3v) is 6.07. The number of benzene rings is 1. The Balaban J connectivity index is 1.44. The summed E-state index contributed by atoms with van der Waals surface area (Å²) in [5, 5.41) is 22.3. The van der Waals surface area contributed by atoms with Gasteiger partial charge in [0.25, 0.3) is 11.4 Å². The second-order valence-corrected chi connectivity index (χ2v) is 8.86. The van der Waals surface area contributed by atoms with Gasteiger partial charge in [0.15, 0.2) is 5.82 Å². The van der Waals surface area contributed by atoms with E-state index in [2.05, 4.69) is 48.2 Å². The quantitative estimate of drug-likeness (QED) is 0.358. The van der Waals surface area contributed by atoms with E-state index < -0.39 is 0 Å². The highest BCUT2D eigenvalue weighted by atomic mass is 79.9. The van der Waals surface area contributed by atoms with E-state index >= 15 is 0 Å². The molecule has 4 aromatic rings. The first-order chi connectivity index (χ1) is 16.0. The van der Waals surface area contributed by atoms with E-state index in [-0.39, 0.29) is 11.3 Å². The highest BCUT2D eigenvalue weighted by molar-refractivity contribution is 9.18. The van der Waals surface area contributed by atoms with E-state index in [0.29, 0.717) is 59.5 Å². The SMILES string of the molecule is CCCCCn1c2c(c(=O)n3c(CCc4noc(-c5cccc(O)c5)n4)nnc13)CC(Br)=N2. The number of aromatic nitrogens is 6. The molecular formula is C22H22BrN7O3. The van der Waals surface area contributed by atoms with E-state index in [1.807, 2.05) is 4.57 Å². The van der Waals surface area contributed by atoms with Gasteiger partial charge in [0.2, 0.25) is 5.78 Å². The Kier molecular flexibility index (Phi) is 5.79. The molecule has 33 heavy (non-hydrogen) atoms. The van der Waals surface area contributed by atoms with Crippen LogP contribution in [0.1, 0.15) is 43.4 Å². The van der Waals surface area contributed by atoms with E-state index in [9.17, 15) is 9.90 Å². The number of hydrogen-bond acceptors (Lipinski definition) is 8. The number of fused-ring (bicyclic) bond motifs is 2. The number of aromatic hydroxyl groups is 1. The van der Waals surface area contributed by atoms with Crippen LogP contribution in [0.25, 0.3) is 17.2 Å². The topological polar surface area (TPSA) is 124 Å². The summed E-state index contributed by atoms with van der Waals surface area (Å²) in [6, 6.07) is 6.63. The maximum atomic E-state index is 13.3. The molecule has 0 fully saturated rings. The van der Waals surface area contributed by atoms with E-state index in [0.717, 1.165) is 30.4 Å². The van der Waals surface area contributed by atoms with Crippen molar-refractivity contribution >= 4 is 32.1 Å². The lowest BCUT2D eigenvalue weighted by molar-refractivity contribution is 0.421. The van der Waals surface area contributed by atoms with Gasteiger partial charge >= 0.3 is 0 Å². The van der Waals surface area contributed by atoms with Crippen molar-refractivity contribution in [3.63, 3.8) is 0 Å². The lowest BCUT2D eigenvalue weighted by Crippen LogP contribution is -2.24. The average Bonchev–Trinajstić information content (AvgIpc) is 3.53. The van der Waals surface area contributed by atoms with Gasteiger partial charge < -0.3 is 9.63 Å². The third kappa shape index (κ3) is 4.08. The van der Waals surface area contributed by atoms with Crippen LogP contribution < -0.4 is 5.56 Å². The molecule has 0 bridgehead atoms. The summed E-state index contributed by atoms with van der Waals surface area (Å²) in [6.07, 6.45) is 4.46. The maximum absolute atomic E-state index is 13.3. The van der Waals surface area contributed by atoms with Gasteiger partial charge in [-0.05, 0) is 40.5 Å². The molecule has 0 saturated heterocycles. The minimum absolute atomic E-state index is 0.126. The van der Waals surface area contributed by atoms with Crippen molar-refractivity contribution in [2.45, 2.75) is 52.0 Å². The largest absolute Gasteiger partial charge is 0.508 e. The lowest BCUT2D eigenvalue weighted by Gasteiger charge is -2.12. The fraction of sp³-hybridized carbons (Fsp3) is 0.364. The van der Waals surface area contributed by atoms with Crippen molar-refractivity contribution in [1.29, 1.82) is 0 Å². The average molecular weight is 512 g/mol. The lowest BCUT2D eigenvalue weighted by atomic mass is 10.2. The van der Waals surface area contributed by atoms with Crippen molar-refractivity contribution in [1.82, 2.24) is 29.3 Å². The van der Waals surface area contributed by atoms with Crippen LogP contribution in [-0.4, -0.2) is 39.0 Å². The molecule has 1 aliphatic rings. The highest BCUT2D eigenvalue weighted by Gasteiger charge is 2.25. The molecule has 1 aliphatic heterocycles. The molecule has 1 aromatic carbocycles. The molecule has 0 unspecified atom stereocenters. The summed E-state index contributed by atoms with van der Waals surface area (Å²) in [7, 11) is 0. The van der Waals surface area contributed by atoms with Gasteiger partial charge in [-0.15, -0.1) is 10.2 Å². The second-order valence-electron chi connectivity index (χ2n) is 7.95. The Bertz CT molecular complexity index is 1420. The Hall–Kier alpha value is -3.34. The zero-order valence-corrected chi connectivity index (χ0v) is 19.6. The van der Waals surface area contributed by atoms with Gasteiger partial charge in [-0.1, -0.05) is 31.0 Å². The van der Waals surface area contributed by atoms with Crippen LogP contribution in [0.5, 0.6) is 5.75 Å². The smallest absolute Gasteiger partial charge is 0.266 e. The number of unbranched alkanes of at least 4 members (excludes halogenated alkanes) is 2. The van der Waals surface area contributed by atoms with Gasteiger partial charge in [0, 0.05) is 31.4 Å². The van der Waals surface area contributed by atoms with Crippen molar-refractivity contribution in [3.05, 3.63) is 51.8 Å². The number of rotatable bonds is 8. The van der Waals surface area contributed by atoms with Crippen LogP contribution in [0, 0.1) is 0 Å². The molecule has 170 valence electrons. The Morgan fingerprint density at radius 3 is 2.91 bits per heavy atom. The van der Waals surface area contributed by atoms with Gasteiger partial charge in [0.1, 0.15) is 17.4 Å². The Labute approximate surface area is 197 Å². The minimum Gasteiger partial charge on any atom is -0.508 e. The second kappa shape index (κ2) is 8.89. The summed E-state index contributed by atoms with van der Waals surface area (Å²) in [6.45, 7) is 2.87. The van der Waals surface area contributed by atoms with Crippen LogP contribution in [0.15, 0.2) is 38.6 Å². The number of halogens is 1. The van der Waals surface area contributed by atoms with Crippen LogP contribution in [-0.2, 0) is 25.8 Å². The van der Waals surface area contributed by atoms with E-state index in [1.54, 1.807) is 28.7 Å². The number of aryl methyl sites for hydroxylation is 3. The van der Waals surface area contributed by atoms with E-state index in [1.165, 1.54) is 0 Å². The summed E-state index contributed by atoms with van der Waals surface area (Å²) in [5.74, 6) is 2.66. The fourth-order valence-electron chi connectivity index (χ4n) is 3.98. The predicted molar refractivity (Wildman–Crippen MR) is 125 cm³/mol. The normalized spacial score (nSPS) is 13.0. The number of nitrogens with zero attached hydrogens (tertiary/aromatic N) is 7. The van der Waals surface area contributed by atoms with Gasteiger partial charge in [-0.2, -0.15) is 4.98 Å². The zero-order valence-electron chi connectivity index (χ0n) is 18.0. The molecule has 0 aliphatic carbocycles. The van der Waals surface area contributed by atoms with Crippen LogP contribution in [0.4, 0.5) is 5.82 Å². The summed E-state index contributed by atoms with van der Waals surface area (Å²) < 4.78 is 9.65. The van der Waals surface area contributed by atoms with Crippen molar-refractivity contribution < 1.29 is 9.63 Å². The molecular weight excluding hydrogens is 490 g/mol. The molecule has 4 heterocycles. The predicted octanol–water partition coefficient (Wildman–Crippen LogP) is 3.60. The molecule has 0 saturated carbocycles. The molecule has 5 rings (SSSR count). The summed E-state index contributed by atoms with van der Waals surface area (Å²) >= 11 is 3.45. The highest BCUT2D eigenvalue weighted by Crippen LogP contribution is 2.28.